The van der Waals surface area contributed by atoms with Gasteiger partial charge in [0.2, 0.25) is 0 Å². The van der Waals surface area contributed by atoms with Gasteiger partial charge in [-0.2, -0.15) is 0 Å². The summed E-state index contributed by atoms with van der Waals surface area (Å²) in [6.07, 6.45) is 0. The highest BCUT2D eigenvalue weighted by Crippen LogP contribution is 2.32. The third-order valence-corrected chi connectivity index (χ3v) is 6.27. The number of para-hydroxylation sites is 1. The average molecular weight is 451 g/mol. The number of anilines is 1. The largest absolute Gasteiger partial charge is 0.322 e. The molecule has 2 aromatic heterocycles. The van der Waals surface area contributed by atoms with Crippen LogP contribution >= 0.6 is 27.3 Å². The molecule has 4 rings (SSSR count). The molecule has 0 bridgehead atoms. The van der Waals surface area contributed by atoms with E-state index in [0.29, 0.717) is 11.5 Å². The van der Waals surface area contributed by atoms with Crippen LogP contribution < -0.4 is 5.32 Å². The van der Waals surface area contributed by atoms with Gasteiger partial charge in [0.25, 0.3) is 5.91 Å². The number of halogens is 1. The molecule has 0 radical (unpaired) electrons. The summed E-state index contributed by atoms with van der Waals surface area (Å²) in [5.74, 6) is 0.328. The smallest absolute Gasteiger partial charge is 0.256 e. The van der Waals surface area contributed by atoms with E-state index in [0.717, 1.165) is 30.9 Å². The lowest BCUT2D eigenvalue weighted by atomic mass is 10.0. The molecule has 5 heteroatoms. The van der Waals surface area contributed by atoms with Gasteiger partial charge >= 0.3 is 0 Å². The summed E-state index contributed by atoms with van der Waals surface area (Å²) in [5, 5.41) is 3.87. The monoisotopic (exact) mass is 450 g/mol. The van der Waals surface area contributed by atoms with E-state index in [-0.39, 0.29) is 5.91 Å². The number of thiophene rings is 1. The van der Waals surface area contributed by atoms with E-state index in [1.807, 2.05) is 54.6 Å². The third-order valence-electron chi connectivity index (χ3n) is 4.62. The second-order valence-electron chi connectivity index (χ2n) is 6.91. The molecule has 0 saturated heterocycles. The van der Waals surface area contributed by atoms with Crippen molar-refractivity contribution in [2.75, 3.05) is 5.32 Å². The molecular weight excluding hydrogens is 432 g/mol. The highest BCUT2D eigenvalue weighted by molar-refractivity contribution is 9.11. The Bertz CT molecular complexity index is 1150. The maximum absolute atomic E-state index is 13.1. The van der Waals surface area contributed by atoms with Gasteiger partial charge in [-0.15, -0.1) is 11.3 Å². The standard InChI is InChI=1S/C23H19BrN2OS/c1-14(2)15-7-9-16(10-8-15)25-23(27)18-13-20(21-11-12-22(24)28-21)26-19-6-4-3-5-17(18)19/h3-14H,1-2H3,(H,25,27). The van der Waals surface area contributed by atoms with Gasteiger partial charge in [0.05, 0.1) is 25.4 Å². The van der Waals surface area contributed by atoms with Crippen molar-refractivity contribution in [1.29, 1.82) is 0 Å². The molecule has 0 atom stereocenters. The molecule has 0 spiro atoms. The fourth-order valence-electron chi connectivity index (χ4n) is 3.09. The average Bonchev–Trinajstić information content (AvgIpc) is 3.14. The van der Waals surface area contributed by atoms with Crippen LogP contribution in [-0.2, 0) is 0 Å². The molecule has 140 valence electrons. The number of hydrogen-bond acceptors (Lipinski definition) is 3. The zero-order valence-electron chi connectivity index (χ0n) is 15.6. The van der Waals surface area contributed by atoms with Crippen LogP contribution in [0, 0.1) is 0 Å². The molecule has 2 aromatic carbocycles. The first-order chi connectivity index (χ1) is 13.5. The van der Waals surface area contributed by atoms with Crippen molar-refractivity contribution in [3.63, 3.8) is 0 Å². The topological polar surface area (TPSA) is 42.0 Å². The molecule has 1 N–H and O–H groups in total. The maximum Gasteiger partial charge on any atom is 0.256 e. The second-order valence-corrected chi connectivity index (χ2v) is 9.37. The molecule has 4 aromatic rings. The highest BCUT2D eigenvalue weighted by atomic mass is 79.9. The van der Waals surface area contributed by atoms with Gasteiger partial charge in [0.1, 0.15) is 0 Å². The van der Waals surface area contributed by atoms with E-state index in [4.69, 9.17) is 4.98 Å². The van der Waals surface area contributed by atoms with E-state index < -0.39 is 0 Å². The van der Waals surface area contributed by atoms with Crippen LogP contribution in [0.3, 0.4) is 0 Å². The van der Waals surface area contributed by atoms with E-state index in [1.165, 1.54) is 5.56 Å². The van der Waals surface area contributed by atoms with Crippen molar-refractivity contribution in [3.8, 4) is 10.6 Å². The maximum atomic E-state index is 13.1. The second kappa shape index (κ2) is 7.86. The fourth-order valence-corrected chi connectivity index (χ4v) is 4.44. The van der Waals surface area contributed by atoms with Crippen LogP contribution in [0.4, 0.5) is 5.69 Å². The lowest BCUT2D eigenvalue weighted by molar-refractivity contribution is 0.102. The van der Waals surface area contributed by atoms with E-state index in [1.54, 1.807) is 11.3 Å². The molecule has 1 amide bonds. The number of pyridine rings is 1. The number of aromatic nitrogens is 1. The molecule has 0 aliphatic carbocycles. The normalized spacial score (nSPS) is 11.1. The number of carbonyl (C=O) groups excluding carboxylic acids is 1. The first-order valence-electron chi connectivity index (χ1n) is 9.08. The molecule has 0 unspecified atom stereocenters. The first-order valence-corrected chi connectivity index (χ1v) is 10.7. The lowest BCUT2D eigenvalue weighted by Crippen LogP contribution is -2.13. The number of nitrogens with zero attached hydrogens (tertiary/aromatic N) is 1. The predicted molar refractivity (Wildman–Crippen MR) is 121 cm³/mol. The summed E-state index contributed by atoms with van der Waals surface area (Å²) in [5.41, 5.74) is 4.27. The summed E-state index contributed by atoms with van der Waals surface area (Å²) in [4.78, 5) is 18.9. The van der Waals surface area contributed by atoms with Crippen molar-refractivity contribution in [3.05, 3.63) is 81.6 Å². The first kappa shape index (κ1) is 18.8. The van der Waals surface area contributed by atoms with Gasteiger partial charge in [0.15, 0.2) is 0 Å². The predicted octanol–water partition coefficient (Wildman–Crippen LogP) is 7.10. The molecule has 0 fully saturated rings. The molecular formula is C23H19BrN2OS. The van der Waals surface area contributed by atoms with Crippen LogP contribution in [0.5, 0.6) is 0 Å². The van der Waals surface area contributed by atoms with Crippen molar-refractivity contribution < 1.29 is 4.79 Å². The van der Waals surface area contributed by atoms with E-state index >= 15 is 0 Å². The number of fused-ring (bicyclic) bond motifs is 1. The van der Waals surface area contributed by atoms with Gasteiger partial charge < -0.3 is 5.32 Å². The number of carbonyl (C=O) groups is 1. The Hall–Kier alpha value is -2.50. The van der Waals surface area contributed by atoms with Crippen LogP contribution in [0.25, 0.3) is 21.5 Å². The number of hydrogen-bond donors (Lipinski definition) is 1. The van der Waals surface area contributed by atoms with Gasteiger partial charge in [-0.3, -0.25) is 4.79 Å². The Morgan fingerprint density at radius 3 is 2.46 bits per heavy atom. The van der Waals surface area contributed by atoms with Gasteiger partial charge in [-0.05, 0) is 63.8 Å². The molecule has 3 nitrogen and oxygen atoms in total. The minimum absolute atomic E-state index is 0.132. The molecule has 0 saturated carbocycles. The molecule has 2 heterocycles. The molecule has 28 heavy (non-hydrogen) atoms. The van der Waals surface area contributed by atoms with Crippen LogP contribution in [-0.4, -0.2) is 10.9 Å². The Labute approximate surface area is 176 Å². The zero-order chi connectivity index (χ0) is 19.7. The summed E-state index contributed by atoms with van der Waals surface area (Å²) in [6, 6.07) is 21.6. The van der Waals surface area contributed by atoms with E-state index in [9.17, 15) is 4.79 Å². The number of nitrogens with one attached hydrogen (secondary N) is 1. The SMILES string of the molecule is CC(C)c1ccc(NC(=O)c2cc(-c3ccc(Br)s3)nc3ccccc23)cc1. The quantitative estimate of drug-likeness (QED) is 0.360. The van der Waals surface area contributed by atoms with Crippen LogP contribution in [0.15, 0.2) is 70.5 Å². The number of benzene rings is 2. The Morgan fingerprint density at radius 2 is 1.79 bits per heavy atom. The molecule has 0 aliphatic rings. The summed E-state index contributed by atoms with van der Waals surface area (Å²) in [7, 11) is 0. The third kappa shape index (κ3) is 3.86. The highest BCUT2D eigenvalue weighted by Gasteiger charge is 2.15. The van der Waals surface area contributed by atoms with Crippen LogP contribution in [0.2, 0.25) is 0 Å². The summed E-state index contributed by atoms with van der Waals surface area (Å²) >= 11 is 5.10. The lowest BCUT2D eigenvalue weighted by Gasteiger charge is -2.11. The number of amides is 1. The summed E-state index contributed by atoms with van der Waals surface area (Å²) < 4.78 is 1.04. The van der Waals surface area contributed by atoms with E-state index in [2.05, 4.69) is 47.2 Å². The fraction of sp³-hybridized carbons (Fsp3) is 0.130. The minimum Gasteiger partial charge on any atom is -0.322 e. The Balaban J connectivity index is 1.73. The van der Waals surface area contributed by atoms with Crippen molar-refractivity contribution in [1.82, 2.24) is 4.98 Å². The van der Waals surface area contributed by atoms with Gasteiger partial charge in [-0.1, -0.05) is 44.2 Å². The van der Waals surface area contributed by atoms with Crippen molar-refractivity contribution >= 4 is 49.8 Å². The van der Waals surface area contributed by atoms with Crippen molar-refractivity contribution in [2.24, 2.45) is 0 Å². The number of rotatable bonds is 4. The summed E-state index contributed by atoms with van der Waals surface area (Å²) in [6.45, 7) is 4.31. The van der Waals surface area contributed by atoms with Crippen molar-refractivity contribution in [2.45, 2.75) is 19.8 Å². The Kier molecular flexibility index (Phi) is 5.29. The minimum atomic E-state index is -0.132. The van der Waals surface area contributed by atoms with Gasteiger partial charge in [-0.25, -0.2) is 4.98 Å². The van der Waals surface area contributed by atoms with Gasteiger partial charge in [0, 0.05) is 11.1 Å². The molecule has 0 aliphatic heterocycles. The Morgan fingerprint density at radius 1 is 1.04 bits per heavy atom. The van der Waals surface area contributed by atoms with Crippen LogP contribution in [0.1, 0.15) is 35.7 Å². The zero-order valence-corrected chi connectivity index (χ0v) is 18.0.